The first-order valence-electron chi connectivity index (χ1n) is 8.34. The van der Waals surface area contributed by atoms with E-state index in [4.69, 9.17) is 4.74 Å². The van der Waals surface area contributed by atoms with E-state index in [1.807, 2.05) is 4.57 Å². The van der Waals surface area contributed by atoms with Crippen molar-refractivity contribution in [3.63, 3.8) is 0 Å². The average molecular weight is 310 g/mol. The van der Waals surface area contributed by atoms with Crippen molar-refractivity contribution in [3.8, 4) is 5.75 Å². The van der Waals surface area contributed by atoms with Gasteiger partial charge in [0.05, 0.1) is 6.20 Å². The largest absolute Gasteiger partial charge is 0.503 e. The van der Waals surface area contributed by atoms with Gasteiger partial charge < -0.3 is 14.4 Å². The lowest BCUT2D eigenvalue weighted by Gasteiger charge is -2.21. The van der Waals surface area contributed by atoms with Crippen molar-refractivity contribution in [1.29, 1.82) is 0 Å². The summed E-state index contributed by atoms with van der Waals surface area (Å²) in [6, 6.07) is 1.55. The highest BCUT2D eigenvalue weighted by atomic mass is 16.5. The van der Waals surface area contributed by atoms with E-state index in [1.54, 1.807) is 12.3 Å². The van der Waals surface area contributed by atoms with E-state index in [-0.39, 0.29) is 11.2 Å². The monoisotopic (exact) mass is 310 g/mol. The van der Waals surface area contributed by atoms with E-state index >= 15 is 0 Å². The lowest BCUT2D eigenvalue weighted by molar-refractivity contribution is 0.125. The van der Waals surface area contributed by atoms with Gasteiger partial charge in [0.15, 0.2) is 5.75 Å². The van der Waals surface area contributed by atoms with Gasteiger partial charge in [-0.05, 0) is 25.9 Å². The molecule has 1 rings (SSSR count). The topological polar surface area (TPSA) is 54.7 Å². The standard InChI is InChI=1S/C17H30N2O3/c1-4-7-10-22-11-8-9-19-14-17(21)16(20)12-15(19)13-18(5-2)6-3/h12,14,21H,4-11,13H2,1-3H3. The Labute approximate surface area is 133 Å². The van der Waals surface area contributed by atoms with Gasteiger partial charge in [0.2, 0.25) is 5.43 Å². The molecule has 126 valence electrons. The van der Waals surface area contributed by atoms with Gasteiger partial charge in [-0.15, -0.1) is 0 Å². The van der Waals surface area contributed by atoms with Crippen LogP contribution in [-0.4, -0.2) is 40.9 Å². The number of aromatic hydroxyl groups is 1. The van der Waals surface area contributed by atoms with E-state index in [0.717, 1.165) is 57.7 Å². The molecule has 0 radical (unpaired) electrons. The number of pyridine rings is 1. The molecule has 0 spiro atoms. The number of hydrogen-bond acceptors (Lipinski definition) is 4. The van der Waals surface area contributed by atoms with Gasteiger partial charge in [-0.2, -0.15) is 0 Å². The molecule has 0 atom stereocenters. The van der Waals surface area contributed by atoms with Gasteiger partial charge in [-0.1, -0.05) is 27.2 Å². The minimum Gasteiger partial charge on any atom is -0.503 e. The van der Waals surface area contributed by atoms with Crippen LogP contribution in [0, 0.1) is 0 Å². The van der Waals surface area contributed by atoms with E-state index in [9.17, 15) is 9.90 Å². The van der Waals surface area contributed by atoms with Crippen LogP contribution < -0.4 is 5.43 Å². The van der Waals surface area contributed by atoms with Gasteiger partial charge in [0, 0.05) is 38.1 Å². The molecule has 0 aromatic carbocycles. The maximum absolute atomic E-state index is 11.7. The molecule has 1 heterocycles. The lowest BCUT2D eigenvalue weighted by Crippen LogP contribution is -2.26. The summed E-state index contributed by atoms with van der Waals surface area (Å²) in [5.74, 6) is -0.185. The van der Waals surface area contributed by atoms with Crippen molar-refractivity contribution in [2.75, 3.05) is 26.3 Å². The molecule has 0 bridgehead atoms. The van der Waals surface area contributed by atoms with E-state index in [0.29, 0.717) is 6.61 Å². The van der Waals surface area contributed by atoms with Gasteiger partial charge in [0.1, 0.15) is 0 Å². The summed E-state index contributed by atoms with van der Waals surface area (Å²) in [5.41, 5.74) is 0.637. The first kappa shape index (κ1) is 18.7. The highest BCUT2D eigenvalue weighted by Gasteiger charge is 2.09. The van der Waals surface area contributed by atoms with E-state index in [2.05, 4.69) is 25.7 Å². The number of rotatable bonds is 11. The van der Waals surface area contributed by atoms with Crippen LogP contribution in [-0.2, 0) is 17.8 Å². The molecule has 0 aliphatic rings. The zero-order valence-corrected chi connectivity index (χ0v) is 14.2. The van der Waals surface area contributed by atoms with E-state index < -0.39 is 0 Å². The number of aromatic nitrogens is 1. The van der Waals surface area contributed by atoms with Crippen molar-refractivity contribution in [2.45, 2.75) is 53.1 Å². The van der Waals surface area contributed by atoms with Crippen molar-refractivity contribution < 1.29 is 9.84 Å². The molecule has 1 aromatic heterocycles. The van der Waals surface area contributed by atoms with Crippen molar-refractivity contribution in [1.82, 2.24) is 9.47 Å². The molecule has 0 saturated heterocycles. The minimum atomic E-state index is -0.308. The lowest BCUT2D eigenvalue weighted by atomic mass is 10.2. The molecule has 0 aliphatic heterocycles. The summed E-state index contributed by atoms with van der Waals surface area (Å²) in [5, 5.41) is 9.67. The Bertz CT molecular complexity index is 481. The second-order valence-corrected chi connectivity index (χ2v) is 5.49. The first-order chi connectivity index (χ1) is 10.6. The number of hydrogen-bond donors (Lipinski definition) is 1. The fourth-order valence-corrected chi connectivity index (χ4v) is 2.31. The Morgan fingerprint density at radius 2 is 1.86 bits per heavy atom. The van der Waals surface area contributed by atoms with Crippen LogP contribution in [0.15, 0.2) is 17.1 Å². The van der Waals surface area contributed by atoms with E-state index in [1.165, 1.54) is 0 Å². The Balaban J connectivity index is 2.66. The smallest absolute Gasteiger partial charge is 0.223 e. The number of unbranched alkanes of at least 4 members (excludes halogenated alkanes) is 1. The van der Waals surface area contributed by atoms with Gasteiger partial charge >= 0.3 is 0 Å². The zero-order valence-electron chi connectivity index (χ0n) is 14.2. The normalized spacial score (nSPS) is 11.3. The summed E-state index contributed by atoms with van der Waals surface area (Å²) >= 11 is 0. The van der Waals surface area contributed by atoms with Gasteiger partial charge in [-0.3, -0.25) is 9.69 Å². The van der Waals surface area contributed by atoms with Gasteiger partial charge in [-0.25, -0.2) is 0 Å². The van der Waals surface area contributed by atoms with Crippen LogP contribution in [0.2, 0.25) is 0 Å². The summed E-state index contributed by atoms with van der Waals surface area (Å²) in [6.07, 6.45) is 4.65. The fraction of sp³-hybridized carbons (Fsp3) is 0.706. The first-order valence-corrected chi connectivity index (χ1v) is 8.34. The molecule has 0 unspecified atom stereocenters. The Morgan fingerprint density at radius 1 is 1.18 bits per heavy atom. The quantitative estimate of drug-likeness (QED) is 0.638. The number of ether oxygens (including phenoxy) is 1. The Hall–Kier alpha value is -1.33. The zero-order chi connectivity index (χ0) is 16.4. The average Bonchev–Trinajstić information content (AvgIpc) is 2.52. The summed E-state index contributed by atoms with van der Waals surface area (Å²) in [6.45, 7) is 11.2. The third-order valence-corrected chi connectivity index (χ3v) is 3.81. The second-order valence-electron chi connectivity index (χ2n) is 5.49. The third-order valence-electron chi connectivity index (χ3n) is 3.81. The Kier molecular flexibility index (Phi) is 8.85. The van der Waals surface area contributed by atoms with Crippen LogP contribution in [0.4, 0.5) is 0 Å². The molecule has 0 saturated carbocycles. The van der Waals surface area contributed by atoms with Gasteiger partial charge in [0.25, 0.3) is 0 Å². The molecular weight excluding hydrogens is 280 g/mol. The second kappa shape index (κ2) is 10.4. The Morgan fingerprint density at radius 3 is 2.50 bits per heavy atom. The van der Waals surface area contributed by atoms with Crippen LogP contribution in [0.5, 0.6) is 5.75 Å². The molecule has 22 heavy (non-hydrogen) atoms. The fourth-order valence-electron chi connectivity index (χ4n) is 2.31. The minimum absolute atomic E-state index is 0.185. The highest BCUT2D eigenvalue weighted by Crippen LogP contribution is 2.09. The molecule has 1 N–H and O–H groups in total. The molecule has 0 aliphatic carbocycles. The number of nitrogens with zero attached hydrogens (tertiary/aromatic N) is 2. The SMILES string of the molecule is CCCCOCCCn1cc(O)c(=O)cc1CN(CC)CC. The molecule has 0 amide bonds. The van der Waals surface area contributed by atoms with Crippen LogP contribution in [0.1, 0.15) is 45.7 Å². The predicted octanol–water partition coefficient (Wildman–Crippen LogP) is 2.60. The highest BCUT2D eigenvalue weighted by molar-refractivity contribution is 5.20. The van der Waals surface area contributed by atoms with Crippen molar-refractivity contribution >= 4 is 0 Å². The van der Waals surface area contributed by atoms with Crippen LogP contribution in [0.3, 0.4) is 0 Å². The van der Waals surface area contributed by atoms with Crippen LogP contribution in [0.25, 0.3) is 0 Å². The molecule has 0 fully saturated rings. The predicted molar refractivity (Wildman–Crippen MR) is 89.3 cm³/mol. The molecule has 5 heteroatoms. The summed E-state index contributed by atoms with van der Waals surface area (Å²) in [7, 11) is 0. The molecule has 5 nitrogen and oxygen atoms in total. The third kappa shape index (κ3) is 6.20. The molecular formula is C17H30N2O3. The van der Waals surface area contributed by atoms with Crippen molar-refractivity contribution in [3.05, 3.63) is 28.2 Å². The van der Waals surface area contributed by atoms with Crippen molar-refractivity contribution in [2.24, 2.45) is 0 Å². The summed E-state index contributed by atoms with van der Waals surface area (Å²) in [4.78, 5) is 13.9. The molecule has 1 aromatic rings. The maximum atomic E-state index is 11.7. The number of aryl methyl sites for hydroxylation is 1. The summed E-state index contributed by atoms with van der Waals surface area (Å²) < 4.78 is 7.54. The van der Waals surface area contributed by atoms with Crippen LogP contribution >= 0.6 is 0 Å². The maximum Gasteiger partial charge on any atom is 0.223 e.